The SMILES string of the molecule is CC(NC(=O)N(CC1CCCO1)CC1(O)CCC2C3=CC=C4CC(O)CCC4(C)C3CCC21C)c1ccccc1. The molecule has 1 aromatic carbocycles. The molecule has 3 N–H and O–H groups in total. The van der Waals surface area contributed by atoms with Crippen LogP contribution in [0.25, 0.3) is 0 Å². The summed E-state index contributed by atoms with van der Waals surface area (Å²) < 4.78 is 5.96. The van der Waals surface area contributed by atoms with Gasteiger partial charge in [0.05, 0.1) is 30.4 Å². The number of nitrogens with one attached hydrogen (secondary N) is 1. The molecule has 1 aliphatic heterocycles. The lowest BCUT2D eigenvalue weighted by molar-refractivity contribution is -0.0991. The summed E-state index contributed by atoms with van der Waals surface area (Å²) in [6.07, 6.45) is 12.8. The van der Waals surface area contributed by atoms with Crippen molar-refractivity contribution in [3.05, 3.63) is 59.2 Å². The fourth-order valence-corrected chi connectivity index (χ4v) is 9.03. The summed E-state index contributed by atoms with van der Waals surface area (Å²) in [4.78, 5) is 15.6. The van der Waals surface area contributed by atoms with Crippen LogP contribution in [0.1, 0.15) is 90.2 Å². The van der Waals surface area contributed by atoms with Gasteiger partial charge < -0.3 is 25.2 Å². The second-order valence-corrected chi connectivity index (χ2v) is 13.9. The molecule has 4 fully saturated rings. The van der Waals surface area contributed by atoms with Crippen molar-refractivity contribution in [2.75, 3.05) is 19.7 Å². The number of ether oxygens (including phenoxy) is 1. The minimum atomic E-state index is -0.955. The van der Waals surface area contributed by atoms with Crippen molar-refractivity contribution in [3.8, 4) is 0 Å². The summed E-state index contributed by atoms with van der Waals surface area (Å²) >= 11 is 0. The molecule has 2 amide bonds. The minimum absolute atomic E-state index is 0.0216. The first-order valence-electron chi connectivity index (χ1n) is 15.7. The number of amides is 2. The average Bonchev–Trinajstić information content (AvgIpc) is 3.55. The molecular weight excluding hydrogens is 500 g/mol. The van der Waals surface area contributed by atoms with Gasteiger partial charge in [-0.15, -0.1) is 0 Å². The fourth-order valence-electron chi connectivity index (χ4n) is 9.03. The number of rotatable bonds is 6. The van der Waals surface area contributed by atoms with E-state index in [1.54, 1.807) is 0 Å². The number of carbonyl (C=O) groups is 1. The molecule has 0 radical (unpaired) electrons. The highest BCUT2D eigenvalue weighted by Crippen LogP contribution is 2.66. The molecule has 3 saturated carbocycles. The van der Waals surface area contributed by atoms with Crippen molar-refractivity contribution in [3.63, 3.8) is 0 Å². The summed E-state index contributed by atoms with van der Waals surface area (Å²) in [5.74, 6) is 0.798. The molecule has 5 aliphatic rings. The van der Waals surface area contributed by atoms with Crippen LogP contribution in [-0.2, 0) is 4.74 Å². The maximum absolute atomic E-state index is 13.8. The molecule has 0 spiro atoms. The third-order valence-electron chi connectivity index (χ3n) is 11.7. The number of urea groups is 1. The maximum Gasteiger partial charge on any atom is 0.318 e. The Morgan fingerprint density at radius 1 is 1.07 bits per heavy atom. The van der Waals surface area contributed by atoms with E-state index in [4.69, 9.17) is 4.74 Å². The Kier molecular flexibility index (Phi) is 7.42. The average molecular weight is 549 g/mol. The smallest absolute Gasteiger partial charge is 0.318 e. The van der Waals surface area contributed by atoms with E-state index in [0.29, 0.717) is 31.3 Å². The van der Waals surface area contributed by atoms with E-state index in [9.17, 15) is 15.0 Å². The summed E-state index contributed by atoms with van der Waals surface area (Å²) in [6, 6.07) is 9.80. The summed E-state index contributed by atoms with van der Waals surface area (Å²) in [6.45, 7) is 8.29. The molecule has 6 heteroatoms. The van der Waals surface area contributed by atoms with Crippen LogP contribution in [0.15, 0.2) is 53.6 Å². The van der Waals surface area contributed by atoms with Gasteiger partial charge in [-0.2, -0.15) is 0 Å². The zero-order valence-corrected chi connectivity index (χ0v) is 24.6. The monoisotopic (exact) mass is 548 g/mol. The topological polar surface area (TPSA) is 82.0 Å². The van der Waals surface area contributed by atoms with E-state index in [1.807, 2.05) is 42.2 Å². The van der Waals surface area contributed by atoms with Gasteiger partial charge in [0.25, 0.3) is 0 Å². The van der Waals surface area contributed by atoms with Crippen molar-refractivity contribution in [1.82, 2.24) is 10.2 Å². The Morgan fingerprint density at radius 2 is 1.85 bits per heavy atom. The van der Waals surface area contributed by atoms with Gasteiger partial charge in [-0.1, -0.05) is 67.5 Å². The van der Waals surface area contributed by atoms with Gasteiger partial charge in [-0.3, -0.25) is 0 Å². The highest BCUT2D eigenvalue weighted by molar-refractivity contribution is 5.75. The molecule has 1 heterocycles. The van der Waals surface area contributed by atoms with Crippen LogP contribution in [0.2, 0.25) is 0 Å². The zero-order valence-electron chi connectivity index (χ0n) is 24.6. The van der Waals surface area contributed by atoms with Crippen LogP contribution in [0.5, 0.6) is 0 Å². The number of benzene rings is 1. The number of hydrogen-bond donors (Lipinski definition) is 3. The van der Waals surface area contributed by atoms with Crippen molar-refractivity contribution in [2.45, 2.75) is 102 Å². The molecule has 218 valence electrons. The normalized spacial score (nSPS) is 39.3. The van der Waals surface area contributed by atoms with Crippen LogP contribution in [0.4, 0.5) is 4.79 Å². The molecule has 1 saturated heterocycles. The molecule has 8 atom stereocenters. The Labute approximate surface area is 239 Å². The lowest BCUT2D eigenvalue weighted by Gasteiger charge is -2.56. The Morgan fingerprint density at radius 3 is 2.60 bits per heavy atom. The van der Waals surface area contributed by atoms with E-state index in [-0.39, 0.29) is 35.1 Å². The van der Waals surface area contributed by atoms with Crippen LogP contribution >= 0.6 is 0 Å². The first-order valence-corrected chi connectivity index (χ1v) is 15.7. The Balaban J connectivity index is 1.23. The van der Waals surface area contributed by atoms with Crippen LogP contribution < -0.4 is 5.32 Å². The number of fused-ring (bicyclic) bond motifs is 5. The van der Waals surface area contributed by atoms with Crippen LogP contribution in [0, 0.1) is 22.7 Å². The van der Waals surface area contributed by atoms with Crippen molar-refractivity contribution >= 4 is 6.03 Å². The van der Waals surface area contributed by atoms with E-state index in [2.05, 4.69) is 31.3 Å². The lowest BCUT2D eigenvalue weighted by Crippen LogP contribution is -2.58. The Bertz CT molecular complexity index is 1160. The fraction of sp³-hybridized carbons (Fsp3) is 0.676. The highest BCUT2D eigenvalue weighted by Gasteiger charge is 2.62. The van der Waals surface area contributed by atoms with Crippen LogP contribution in [-0.4, -0.2) is 58.6 Å². The number of hydrogen-bond acceptors (Lipinski definition) is 4. The number of aliphatic hydroxyl groups is 2. The van der Waals surface area contributed by atoms with E-state index >= 15 is 0 Å². The first-order chi connectivity index (χ1) is 19.1. The third-order valence-corrected chi connectivity index (χ3v) is 11.7. The van der Waals surface area contributed by atoms with Crippen molar-refractivity contribution in [1.29, 1.82) is 0 Å². The molecule has 8 unspecified atom stereocenters. The molecule has 6 nitrogen and oxygen atoms in total. The number of aliphatic hydroxyl groups excluding tert-OH is 1. The van der Waals surface area contributed by atoms with Crippen molar-refractivity contribution in [2.24, 2.45) is 22.7 Å². The van der Waals surface area contributed by atoms with Gasteiger partial charge in [-0.05, 0) is 87.5 Å². The lowest BCUT2D eigenvalue weighted by atomic mass is 9.50. The number of nitrogens with zero attached hydrogens (tertiary/aromatic N) is 1. The van der Waals surface area contributed by atoms with E-state index in [1.165, 1.54) is 11.1 Å². The Hall–Kier alpha value is -2.15. The molecule has 1 aromatic rings. The van der Waals surface area contributed by atoms with Gasteiger partial charge >= 0.3 is 6.03 Å². The molecule has 4 aliphatic carbocycles. The third kappa shape index (κ3) is 4.74. The zero-order chi connectivity index (χ0) is 28.1. The number of allylic oxidation sites excluding steroid dienone is 3. The summed E-state index contributed by atoms with van der Waals surface area (Å²) in [5, 5.41) is 26.0. The summed E-state index contributed by atoms with van der Waals surface area (Å²) in [7, 11) is 0. The highest BCUT2D eigenvalue weighted by atomic mass is 16.5. The molecule has 0 bridgehead atoms. The maximum atomic E-state index is 13.8. The minimum Gasteiger partial charge on any atom is -0.393 e. The van der Waals surface area contributed by atoms with Gasteiger partial charge in [0.1, 0.15) is 0 Å². The molecular formula is C34H48N2O4. The quantitative estimate of drug-likeness (QED) is 0.413. The molecule has 6 rings (SSSR count). The molecule has 40 heavy (non-hydrogen) atoms. The predicted molar refractivity (Wildman–Crippen MR) is 157 cm³/mol. The van der Waals surface area contributed by atoms with Crippen LogP contribution in [0.3, 0.4) is 0 Å². The first kappa shape index (κ1) is 28.0. The van der Waals surface area contributed by atoms with E-state index in [0.717, 1.165) is 63.5 Å². The van der Waals surface area contributed by atoms with Gasteiger partial charge in [0.2, 0.25) is 0 Å². The van der Waals surface area contributed by atoms with Crippen molar-refractivity contribution < 1.29 is 19.7 Å². The second kappa shape index (κ2) is 10.6. The second-order valence-electron chi connectivity index (χ2n) is 13.9. The van der Waals surface area contributed by atoms with Gasteiger partial charge in [0.15, 0.2) is 0 Å². The van der Waals surface area contributed by atoms with Gasteiger partial charge in [0, 0.05) is 18.6 Å². The predicted octanol–water partition coefficient (Wildman–Crippen LogP) is 5.91. The number of carbonyl (C=O) groups excluding carboxylic acids is 1. The summed E-state index contributed by atoms with van der Waals surface area (Å²) in [5.41, 5.74) is 2.85. The standard InChI is InChI=1S/C34H48N2O4/c1-23(24-8-5-4-6-9-24)35-31(38)36(21-27-10-7-19-40-27)22-34(39)18-15-30-28-12-11-25-20-26(37)13-16-32(25,2)29(28)14-17-33(30,34)3/h4-6,8-9,11-12,23,26-27,29-30,37,39H,7,10,13-22H2,1-3H3,(H,35,38). The largest absolute Gasteiger partial charge is 0.393 e. The molecule has 0 aromatic heterocycles. The van der Waals surface area contributed by atoms with Gasteiger partial charge in [-0.25, -0.2) is 4.79 Å². The van der Waals surface area contributed by atoms with E-state index < -0.39 is 5.60 Å².